The minimum absolute atomic E-state index is 0. The molecule has 0 aliphatic rings. The van der Waals surface area contributed by atoms with Crippen molar-refractivity contribution in [2.24, 2.45) is 0 Å². The molecule has 0 heterocycles. The van der Waals surface area contributed by atoms with Crippen molar-refractivity contribution in [2.75, 3.05) is 0 Å². The Hall–Kier alpha value is 0.677. The van der Waals surface area contributed by atoms with Gasteiger partial charge >= 0.3 is 56.6 Å². The van der Waals surface area contributed by atoms with Crippen LogP contribution in [0.3, 0.4) is 0 Å². The van der Waals surface area contributed by atoms with Crippen molar-refractivity contribution in [1.82, 2.24) is 0 Å². The normalized spacial score (nSPS) is 5.13. The van der Waals surface area contributed by atoms with Crippen LogP contribution in [0.25, 0.3) is 0 Å². The molecule has 11 heteroatoms. The van der Waals surface area contributed by atoms with E-state index in [-0.39, 0.29) is 56.6 Å². The molecule has 0 aliphatic heterocycles. The van der Waals surface area contributed by atoms with E-state index < -0.39 is 19.3 Å². The molecule has 0 unspecified atom stereocenters. The van der Waals surface area contributed by atoms with Crippen molar-refractivity contribution in [3.8, 4) is 0 Å². The fraction of sp³-hybridized carbons (Fsp3) is 0.500. The van der Waals surface area contributed by atoms with E-state index in [1.165, 1.54) is 0 Å². The molecule has 7 nitrogen and oxygen atoms in total. The number of rotatable bonds is 0. The van der Waals surface area contributed by atoms with Crippen LogP contribution in [0, 0.1) is 0 Å². The molecule has 0 aromatic heterocycles. The molecular formula is C4H8BLi3O7. The van der Waals surface area contributed by atoms with Gasteiger partial charge in [-0.05, 0) is 0 Å². The molecule has 0 rings (SSSR count). The maximum Gasteiger partial charge on any atom is 1.00 e. The molecule has 0 radical (unpaired) electrons. The summed E-state index contributed by atoms with van der Waals surface area (Å²) in [5, 5.41) is 40.1. The summed E-state index contributed by atoms with van der Waals surface area (Å²) in [7, 11) is -2.92. The summed E-state index contributed by atoms with van der Waals surface area (Å²) in [4.78, 5) is 18.0. The van der Waals surface area contributed by atoms with Gasteiger partial charge in [-0.2, -0.15) is 0 Å². The van der Waals surface area contributed by atoms with Gasteiger partial charge in [0, 0.05) is 13.8 Å². The van der Waals surface area contributed by atoms with Crippen LogP contribution in [-0.2, 0) is 9.59 Å². The largest absolute Gasteiger partial charge is 1.00 e. The maximum absolute atomic E-state index is 9.00. The summed E-state index contributed by atoms with van der Waals surface area (Å²) < 4.78 is 0. The van der Waals surface area contributed by atoms with Crippen molar-refractivity contribution in [1.29, 1.82) is 0 Å². The summed E-state index contributed by atoms with van der Waals surface area (Å²) in [5.41, 5.74) is 0. The van der Waals surface area contributed by atoms with Crippen LogP contribution in [0.4, 0.5) is 0 Å². The Bertz CT molecular complexity index is 111. The predicted octanol–water partition coefficient (Wildman–Crippen LogP) is -12.8. The third kappa shape index (κ3) is 5140. The zero-order valence-electron chi connectivity index (χ0n) is 9.51. The molecule has 2 N–H and O–H groups in total. The van der Waals surface area contributed by atoms with Gasteiger partial charge < -0.3 is 25.3 Å². The summed E-state index contributed by atoms with van der Waals surface area (Å²) in [6, 6.07) is 0. The van der Waals surface area contributed by atoms with Crippen LogP contribution >= 0.6 is 0 Å². The molecule has 0 aromatic carbocycles. The number of hydrogen-bond acceptors (Lipinski definition) is 5. The molecule has 0 fully saturated rings. The van der Waals surface area contributed by atoms with Crippen LogP contribution in [0.2, 0.25) is 0 Å². The zero-order chi connectivity index (χ0) is 10.7. The van der Waals surface area contributed by atoms with E-state index in [2.05, 4.69) is 0 Å². The van der Waals surface area contributed by atoms with Crippen molar-refractivity contribution in [2.45, 2.75) is 13.8 Å². The molecule has 15 heavy (non-hydrogen) atoms. The maximum atomic E-state index is 9.00. The third-order valence-corrected chi connectivity index (χ3v) is 0. The van der Waals surface area contributed by atoms with Crippen molar-refractivity contribution in [3.05, 3.63) is 0 Å². The molecule has 0 aliphatic carbocycles. The average Bonchev–Trinajstić information content (AvgIpc) is 1.54. The molecule has 0 atom stereocenters. The monoisotopic (exact) mass is 200 g/mol. The minimum atomic E-state index is -2.92. The summed E-state index contributed by atoms with van der Waals surface area (Å²) in [6.45, 7) is 2.17. The van der Waals surface area contributed by atoms with Crippen molar-refractivity contribution in [3.63, 3.8) is 0 Å². The SMILES string of the molecule is CC(=O)O.CC(=O)O.[Li+].[Li+].[Li+].[O-]B([O-])[O-]. The van der Waals surface area contributed by atoms with E-state index in [4.69, 9.17) is 34.9 Å². The van der Waals surface area contributed by atoms with Gasteiger partial charge in [0.25, 0.3) is 11.9 Å². The van der Waals surface area contributed by atoms with E-state index >= 15 is 0 Å². The quantitative estimate of drug-likeness (QED) is 0.369. The van der Waals surface area contributed by atoms with Gasteiger partial charge in [0.05, 0.1) is 0 Å². The Kier molecular flexibility index (Phi) is 70.5. The Morgan fingerprint density at radius 3 is 0.867 bits per heavy atom. The first kappa shape index (κ1) is 36.1. The van der Waals surface area contributed by atoms with Gasteiger partial charge in [-0.15, -0.1) is 0 Å². The number of carbonyl (C=O) groups is 2. The van der Waals surface area contributed by atoms with Gasteiger partial charge in [-0.3, -0.25) is 16.9 Å². The second kappa shape index (κ2) is 29.3. The second-order valence-corrected chi connectivity index (χ2v) is 1.33. The van der Waals surface area contributed by atoms with Gasteiger partial charge in [0.15, 0.2) is 0 Å². The van der Waals surface area contributed by atoms with Crippen LogP contribution in [-0.4, -0.2) is 29.5 Å². The molecule has 0 bridgehead atoms. The summed E-state index contributed by atoms with van der Waals surface area (Å²) in [5.74, 6) is -1.67. The molecular weight excluding hydrogens is 192 g/mol. The molecule has 0 amide bonds. The van der Waals surface area contributed by atoms with Crippen LogP contribution < -0.4 is 71.7 Å². The van der Waals surface area contributed by atoms with Gasteiger partial charge in [-0.25, -0.2) is 0 Å². The first-order chi connectivity index (χ1) is 5.20. The van der Waals surface area contributed by atoms with Gasteiger partial charge in [0.2, 0.25) is 0 Å². The first-order valence-corrected chi connectivity index (χ1v) is 2.56. The number of aliphatic carboxylic acids is 2. The smallest absolute Gasteiger partial charge is 0.907 e. The molecule has 0 saturated carbocycles. The fourth-order valence-electron chi connectivity index (χ4n) is 0. The first-order valence-electron chi connectivity index (χ1n) is 2.56. The molecule has 0 saturated heterocycles. The summed E-state index contributed by atoms with van der Waals surface area (Å²) >= 11 is 0. The van der Waals surface area contributed by atoms with Crippen LogP contribution in [0.15, 0.2) is 0 Å². The van der Waals surface area contributed by atoms with Gasteiger partial charge in [0.1, 0.15) is 0 Å². The van der Waals surface area contributed by atoms with E-state index in [9.17, 15) is 0 Å². The van der Waals surface area contributed by atoms with E-state index in [0.29, 0.717) is 0 Å². The van der Waals surface area contributed by atoms with Gasteiger partial charge in [-0.1, -0.05) is 0 Å². The second-order valence-electron chi connectivity index (χ2n) is 1.33. The van der Waals surface area contributed by atoms with E-state index in [0.717, 1.165) is 13.8 Å². The number of carboxylic acid groups (broad SMARTS) is 2. The van der Waals surface area contributed by atoms with Crippen LogP contribution in [0.5, 0.6) is 0 Å². The Morgan fingerprint density at radius 2 is 0.867 bits per heavy atom. The Labute approximate surface area is 124 Å². The minimum Gasteiger partial charge on any atom is -0.907 e. The Morgan fingerprint density at radius 1 is 0.867 bits per heavy atom. The topological polar surface area (TPSA) is 144 Å². The average molecular weight is 200 g/mol. The zero-order valence-corrected chi connectivity index (χ0v) is 9.51. The predicted molar refractivity (Wildman–Crippen MR) is 32.4 cm³/mol. The summed E-state index contributed by atoms with van der Waals surface area (Å²) in [6.07, 6.45) is 0. The van der Waals surface area contributed by atoms with E-state index in [1.54, 1.807) is 0 Å². The van der Waals surface area contributed by atoms with E-state index in [1.807, 2.05) is 0 Å². The standard InChI is InChI=1S/2C2H4O2.BO3.3Li/c2*1-2(3)4;2-1(3)4;;;/h2*1H3,(H,3,4);;;;/q;;-3;3*+1. The number of hydrogen-bond donors (Lipinski definition) is 2. The molecule has 72 valence electrons. The molecule has 0 aromatic rings. The van der Waals surface area contributed by atoms with Crippen molar-refractivity contribution < 1.29 is 91.5 Å². The Balaban J connectivity index is -0.0000000184. The van der Waals surface area contributed by atoms with Crippen molar-refractivity contribution >= 4 is 19.3 Å². The number of carboxylic acids is 2. The van der Waals surface area contributed by atoms with Crippen LogP contribution in [0.1, 0.15) is 13.8 Å². The third-order valence-electron chi connectivity index (χ3n) is 0. The molecule has 0 spiro atoms. The fourth-order valence-corrected chi connectivity index (χ4v) is 0.